The number of rotatable bonds is 7. The minimum absolute atomic E-state index is 0.0713. The number of amides is 1. The molecule has 0 atom stereocenters. The summed E-state index contributed by atoms with van der Waals surface area (Å²) in [6.45, 7) is 8.54. The summed E-state index contributed by atoms with van der Waals surface area (Å²) in [5.41, 5.74) is 3.15. The van der Waals surface area contributed by atoms with Gasteiger partial charge < -0.3 is 10.4 Å². The number of aryl methyl sites for hydroxylation is 1. The van der Waals surface area contributed by atoms with Gasteiger partial charge in [-0.05, 0) is 46.9 Å². The number of hydrogen-bond acceptors (Lipinski definition) is 4. The molecule has 0 aliphatic heterocycles. The lowest BCUT2D eigenvalue weighted by atomic mass is 10.1. The van der Waals surface area contributed by atoms with E-state index in [-0.39, 0.29) is 12.5 Å². The lowest BCUT2D eigenvalue weighted by Crippen LogP contribution is -2.41. The van der Waals surface area contributed by atoms with Gasteiger partial charge in [0.25, 0.3) is 0 Å². The summed E-state index contributed by atoms with van der Waals surface area (Å²) < 4.78 is 1.90. The lowest BCUT2D eigenvalue weighted by molar-refractivity contribution is -0.122. The Kier molecular flexibility index (Phi) is 5.98. The fraction of sp³-hybridized carbons (Fsp3) is 0.474. The molecule has 0 spiro atoms. The molecule has 1 amide bonds. The topological polar surface area (TPSA) is 70.4 Å². The number of carbonyl (C=O) groups excluding carboxylic acids is 1. The van der Waals surface area contributed by atoms with Gasteiger partial charge in [-0.3, -0.25) is 9.69 Å². The second-order valence-corrected chi connectivity index (χ2v) is 7.16. The molecule has 0 aliphatic carbocycles. The monoisotopic (exact) mass is 344 g/mol. The van der Waals surface area contributed by atoms with Crippen molar-refractivity contribution in [3.8, 4) is 5.69 Å². The maximum absolute atomic E-state index is 12.2. The van der Waals surface area contributed by atoms with Gasteiger partial charge in [-0.25, -0.2) is 4.68 Å². The van der Waals surface area contributed by atoms with E-state index in [0.717, 1.165) is 22.6 Å². The molecule has 0 fully saturated rings. The molecular weight excluding hydrogens is 316 g/mol. The number of para-hydroxylation sites is 1. The standard InChI is InChI=1S/C19H28N4O2/c1-14-17(11-20-18(24)12-22(5)13-19(3,4)25)15(2)23(21-14)16-9-7-6-8-10-16/h6-10,25H,11-13H2,1-5H3,(H,20,24). The molecule has 0 saturated heterocycles. The van der Waals surface area contributed by atoms with E-state index in [1.807, 2.05) is 60.8 Å². The summed E-state index contributed by atoms with van der Waals surface area (Å²) >= 11 is 0. The molecule has 0 aliphatic rings. The summed E-state index contributed by atoms with van der Waals surface area (Å²) in [7, 11) is 1.82. The van der Waals surface area contributed by atoms with Crippen LogP contribution < -0.4 is 5.32 Å². The molecule has 2 N–H and O–H groups in total. The van der Waals surface area contributed by atoms with Crippen molar-refractivity contribution >= 4 is 5.91 Å². The number of nitrogens with zero attached hydrogens (tertiary/aromatic N) is 3. The molecule has 25 heavy (non-hydrogen) atoms. The SMILES string of the molecule is Cc1nn(-c2ccccc2)c(C)c1CNC(=O)CN(C)CC(C)(C)O. The third-order valence-corrected chi connectivity index (χ3v) is 3.97. The highest BCUT2D eigenvalue weighted by atomic mass is 16.3. The van der Waals surface area contributed by atoms with Crippen molar-refractivity contribution < 1.29 is 9.90 Å². The Morgan fingerprint density at radius 3 is 2.52 bits per heavy atom. The van der Waals surface area contributed by atoms with Gasteiger partial charge in [0, 0.05) is 24.3 Å². The molecule has 1 aromatic carbocycles. The zero-order valence-corrected chi connectivity index (χ0v) is 15.7. The fourth-order valence-electron chi connectivity index (χ4n) is 2.96. The van der Waals surface area contributed by atoms with Gasteiger partial charge in [0.1, 0.15) is 0 Å². The first-order chi connectivity index (χ1) is 11.7. The Labute approximate surface area is 149 Å². The highest BCUT2D eigenvalue weighted by Gasteiger charge is 2.18. The van der Waals surface area contributed by atoms with E-state index < -0.39 is 5.60 Å². The first-order valence-electron chi connectivity index (χ1n) is 8.45. The van der Waals surface area contributed by atoms with Gasteiger partial charge in [0.15, 0.2) is 0 Å². The Morgan fingerprint density at radius 2 is 1.92 bits per heavy atom. The van der Waals surface area contributed by atoms with E-state index >= 15 is 0 Å². The third kappa shape index (κ3) is 5.41. The molecule has 0 saturated carbocycles. The van der Waals surface area contributed by atoms with Crippen LogP contribution in [0.1, 0.15) is 30.8 Å². The summed E-state index contributed by atoms with van der Waals surface area (Å²) in [5.74, 6) is -0.0713. The van der Waals surface area contributed by atoms with Crippen molar-refractivity contribution in [2.75, 3.05) is 20.1 Å². The van der Waals surface area contributed by atoms with Crippen molar-refractivity contribution in [1.82, 2.24) is 20.0 Å². The van der Waals surface area contributed by atoms with Crippen LogP contribution in [0.5, 0.6) is 0 Å². The van der Waals surface area contributed by atoms with Gasteiger partial charge in [0.05, 0.1) is 23.5 Å². The van der Waals surface area contributed by atoms with Crippen molar-refractivity contribution in [2.24, 2.45) is 0 Å². The largest absolute Gasteiger partial charge is 0.389 e. The number of aromatic nitrogens is 2. The molecule has 136 valence electrons. The van der Waals surface area contributed by atoms with E-state index in [1.54, 1.807) is 13.8 Å². The van der Waals surface area contributed by atoms with Crippen LogP contribution in [0.25, 0.3) is 5.69 Å². The number of carbonyl (C=O) groups is 1. The van der Waals surface area contributed by atoms with E-state index in [2.05, 4.69) is 10.4 Å². The van der Waals surface area contributed by atoms with Crippen LogP contribution in [0.3, 0.4) is 0 Å². The highest BCUT2D eigenvalue weighted by Crippen LogP contribution is 2.17. The van der Waals surface area contributed by atoms with E-state index in [4.69, 9.17) is 0 Å². The number of hydrogen-bond donors (Lipinski definition) is 2. The van der Waals surface area contributed by atoms with Gasteiger partial charge in [-0.2, -0.15) is 5.10 Å². The Bertz CT molecular complexity index is 717. The van der Waals surface area contributed by atoms with E-state index in [1.165, 1.54) is 0 Å². The zero-order valence-electron chi connectivity index (χ0n) is 15.7. The summed E-state index contributed by atoms with van der Waals surface area (Å²) in [4.78, 5) is 14.0. The average molecular weight is 344 g/mol. The molecule has 2 aromatic rings. The average Bonchev–Trinajstić information content (AvgIpc) is 2.79. The van der Waals surface area contributed by atoms with Gasteiger partial charge in [0.2, 0.25) is 5.91 Å². The molecule has 1 heterocycles. The first kappa shape index (κ1) is 19.1. The van der Waals surface area contributed by atoms with E-state index in [9.17, 15) is 9.90 Å². The molecule has 6 nitrogen and oxygen atoms in total. The maximum Gasteiger partial charge on any atom is 0.234 e. The maximum atomic E-state index is 12.2. The molecular formula is C19H28N4O2. The second-order valence-electron chi connectivity index (χ2n) is 7.16. The number of likely N-dealkylation sites (N-methyl/N-ethyl adjacent to an activating group) is 1. The minimum Gasteiger partial charge on any atom is -0.389 e. The Hall–Kier alpha value is -2.18. The predicted molar refractivity (Wildman–Crippen MR) is 98.7 cm³/mol. The van der Waals surface area contributed by atoms with Crippen LogP contribution in [-0.4, -0.2) is 51.4 Å². The first-order valence-corrected chi connectivity index (χ1v) is 8.45. The molecule has 6 heteroatoms. The molecule has 0 radical (unpaired) electrons. The lowest BCUT2D eigenvalue weighted by Gasteiger charge is -2.24. The van der Waals surface area contributed by atoms with Crippen LogP contribution in [-0.2, 0) is 11.3 Å². The number of nitrogens with one attached hydrogen (secondary N) is 1. The van der Waals surface area contributed by atoms with Crippen LogP contribution in [0.4, 0.5) is 0 Å². The van der Waals surface area contributed by atoms with Crippen molar-refractivity contribution in [1.29, 1.82) is 0 Å². The molecule has 2 rings (SSSR count). The Morgan fingerprint density at radius 1 is 1.28 bits per heavy atom. The van der Waals surface area contributed by atoms with Crippen LogP contribution in [0, 0.1) is 13.8 Å². The van der Waals surface area contributed by atoms with Crippen molar-refractivity contribution in [3.05, 3.63) is 47.3 Å². The number of aliphatic hydroxyl groups is 1. The normalized spacial score (nSPS) is 11.8. The molecule has 0 unspecified atom stereocenters. The second kappa shape index (κ2) is 7.80. The number of benzene rings is 1. The fourth-order valence-corrected chi connectivity index (χ4v) is 2.96. The van der Waals surface area contributed by atoms with Crippen LogP contribution in [0.2, 0.25) is 0 Å². The summed E-state index contributed by atoms with van der Waals surface area (Å²) in [6.07, 6.45) is 0. The van der Waals surface area contributed by atoms with Gasteiger partial charge >= 0.3 is 0 Å². The van der Waals surface area contributed by atoms with Crippen LogP contribution in [0.15, 0.2) is 30.3 Å². The zero-order chi connectivity index (χ0) is 18.6. The van der Waals surface area contributed by atoms with Gasteiger partial charge in [-0.1, -0.05) is 18.2 Å². The smallest absolute Gasteiger partial charge is 0.234 e. The van der Waals surface area contributed by atoms with Gasteiger partial charge in [-0.15, -0.1) is 0 Å². The quantitative estimate of drug-likeness (QED) is 0.804. The van der Waals surface area contributed by atoms with Crippen molar-refractivity contribution in [3.63, 3.8) is 0 Å². The Balaban J connectivity index is 1.99. The van der Waals surface area contributed by atoms with E-state index in [0.29, 0.717) is 13.1 Å². The van der Waals surface area contributed by atoms with Crippen molar-refractivity contribution in [2.45, 2.75) is 39.8 Å². The predicted octanol–water partition coefficient (Wildman–Crippen LogP) is 1.81. The third-order valence-electron chi connectivity index (χ3n) is 3.97. The van der Waals surface area contributed by atoms with Crippen LogP contribution >= 0.6 is 0 Å². The minimum atomic E-state index is -0.820. The molecule has 1 aromatic heterocycles. The highest BCUT2D eigenvalue weighted by molar-refractivity contribution is 5.78. The summed E-state index contributed by atoms with van der Waals surface area (Å²) in [6, 6.07) is 9.94. The summed E-state index contributed by atoms with van der Waals surface area (Å²) in [5, 5.41) is 17.3. The molecule has 0 bridgehead atoms.